The normalized spacial score (nSPS) is 18.6. The standard InChI is InChI=1S/C16H28N4OS/c1-13(2)12-22-10-4-8-18-16(21)15-6-9-20(19-15)14-5-3-7-17-11-14/h6,9,13-14,17H,3-5,7-8,10-12H2,1-2H3,(H,18,21). The Hall–Kier alpha value is -1.01. The van der Waals surface area contributed by atoms with Crippen LogP contribution in [0.3, 0.4) is 0 Å². The lowest BCUT2D eigenvalue weighted by Crippen LogP contribution is -2.32. The molecule has 1 atom stereocenters. The third-order valence-electron chi connectivity index (χ3n) is 3.69. The van der Waals surface area contributed by atoms with Crippen molar-refractivity contribution < 1.29 is 4.79 Å². The first-order valence-corrected chi connectivity index (χ1v) is 9.44. The smallest absolute Gasteiger partial charge is 0.271 e. The molecule has 1 unspecified atom stereocenters. The Balaban J connectivity index is 1.68. The molecule has 2 heterocycles. The van der Waals surface area contributed by atoms with Gasteiger partial charge < -0.3 is 10.6 Å². The molecule has 1 aliphatic heterocycles. The van der Waals surface area contributed by atoms with Gasteiger partial charge in [0.2, 0.25) is 0 Å². The molecule has 1 fully saturated rings. The number of amides is 1. The summed E-state index contributed by atoms with van der Waals surface area (Å²) in [5.74, 6) is 2.96. The molecule has 1 aliphatic rings. The van der Waals surface area contributed by atoms with Crippen molar-refractivity contribution >= 4 is 17.7 Å². The van der Waals surface area contributed by atoms with E-state index < -0.39 is 0 Å². The van der Waals surface area contributed by atoms with Crippen LogP contribution in [0.4, 0.5) is 0 Å². The second-order valence-electron chi connectivity index (χ2n) is 6.26. The van der Waals surface area contributed by atoms with Crippen LogP contribution in [0.1, 0.15) is 49.6 Å². The lowest BCUT2D eigenvalue weighted by molar-refractivity contribution is 0.0947. The summed E-state index contributed by atoms with van der Waals surface area (Å²) < 4.78 is 1.93. The minimum atomic E-state index is -0.0589. The molecule has 1 amide bonds. The van der Waals surface area contributed by atoms with E-state index >= 15 is 0 Å². The lowest BCUT2D eigenvalue weighted by Gasteiger charge is -2.22. The van der Waals surface area contributed by atoms with Crippen LogP contribution in [0.25, 0.3) is 0 Å². The monoisotopic (exact) mass is 324 g/mol. The highest BCUT2D eigenvalue weighted by Crippen LogP contribution is 2.15. The zero-order valence-corrected chi connectivity index (χ0v) is 14.5. The van der Waals surface area contributed by atoms with Gasteiger partial charge in [0.25, 0.3) is 5.91 Å². The molecule has 5 nitrogen and oxygen atoms in total. The molecule has 1 aromatic rings. The molecule has 22 heavy (non-hydrogen) atoms. The van der Waals surface area contributed by atoms with E-state index in [9.17, 15) is 4.79 Å². The minimum absolute atomic E-state index is 0.0589. The van der Waals surface area contributed by atoms with E-state index in [0.29, 0.717) is 11.7 Å². The van der Waals surface area contributed by atoms with Gasteiger partial charge in [0.15, 0.2) is 0 Å². The summed E-state index contributed by atoms with van der Waals surface area (Å²) in [6.45, 7) is 7.21. The van der Waals surface area contributed by atoms with Crippen LogP contribution < -0.4 is 10.6 Å². The van der Waals surface area contributed by atoms with Gasteiger partial charge in [-0.05, 0) is 49.3 Å². The van der Waals surface area contributed by atoms with Gasteiger partial charge in [-0.1, -0.05) is 13.8 Å². The summed E-state index contributed by atoms with van der Waals surface area (Å²) >= 11 is 1.95. The molecule has 1 saturated heterocycles. The van der Waals surface area contributed by atoms with Gasteiger partial charge in [0.05, 0.1) is 6.04 Å². The highest BCUT2D eigenvalue weighted by atomic mass is 32.2. The molecular formula is C16H28N4OS. The highest BCUT2D eigenvalue weighted by molar-refractivity contribution is 7.99. The number of carbonyl (C=O) groups excluding carboxylic acids is 1. The van der Waals surface area contributed by atoms with Crippen LogP contribution in [0.2, 0.25) is 0 Å². The second kappa shape index (κ2) is 9.20. The minimum Gasteiger partial charge on any atom is -0.351 e. The van der Waals surface area contributed by atoms with Crippen LogP contribution >= 0.6 is 11.8 Å². The third-order valence-corrected chi connectivity index (χ3v) is 5.17. The largest absolute Gasteiger partial charge is 0.351 e. The van der Waals surface area contributed by atoms with E-state index in [4.69, 9.17) is 0 Å². The molecule has 2 rings (SSSR count). The Morgan fingerprint density at radius 1 is 1.59 bits per heavy atom. The zero-order chi connectivity index (χ0) is 15.8. The van der Waals surface area contributed by atoms with Gasteiger partial charge in [-0.3, -0.25) is 9.48 Å². The summed E-state index contributed by atoms with van der Waals surface area (Å²) in [5, 5.41) is 10.8. The van der Waals surface area contributed by atoms with Crippen molar-refractivity contribution in [1.82, 2.24) is 20.4 Å². The van der Waals surface area contributed by atoms with Crippen molar-refractivity contribution in [2.45, 2.75) is 39.2 Å². The number of hydrogen-bond acceptors (Lipinski definition) is 4. The Bertz CT molecular complexity index is 455. The first kappa shape index (κ1) is 17.3. The molecule has 2 N–H and O–H groups in total. The fraction of sp³-hybridized carbons (Fsp3) is 0.750. The van der Waals surface area contributed by atoms with Crippen molar-refractivity contribution in [1.29, 1.82) is 0 Å². The van der Waals surface area contributed by atoms with Crippen LogP contribution in [-0.2, 0) is 0 Å². The van der Waals surface area contributed by atoms with E-state index in [1.165, 1.54) is 12.2 Å². The summed E-state index contributed by atoms with van der Waals surface area (Å²) in [7, 11) is 0. The number of nitrogens with one attached hydrogen (secondary N) is 2. The van der Waals surface area contributed by atoms with Crippen molar-refractivity contribution in [2.75, 3.05) is 31.1 Å². The maximum atomic E-state index is 12.1. The predicted octanol–water partition coefficient (Wildman–Crippen LogP) is 2.32. The maximum absolute atomic E-state index is 12.1. The number of carbonyl (C=O) groups is 1. The average Bonchev–Trinajstić information content (AvgIpc) is 3.01. The van der Waals surface area contributed by atoms with Crippen molar-refractivity contribution in [3.05, 3.63) is 18.0 Å². The van der Waals surface area contributed by atoms with E-state index in [1.807, 2.05) is 28.7 Å². The number of aromatic nitrogens is 2. The quantitative estimate of drug-likeness (QED) is 0.721. The topological polar surface area (TPSA) is 59.0 Å². The molecule has 0 spiro atoms. The number of piperidine rings is 1. The molecule has 124 valence electrons. The Labute approximate surface area is 137 Å². The van der Waals surface area contributed by atoms with Crippen molar-refractivity contribution in [3.63, 3.8) is 0 Å². The molecule has 0 radical (unpaired) electrons. The highest BCUT2D eigenvalue weighted by Gasteiger charge is 2.17. The summed E-state index contributed by atoms with van der Waals surface area (Å²) in [5.41, 5.74) is 0.528. The van der Waals surface area contributed by atoms with E-state index in [-0.39, 0.29) is 5.91 Å². The Morgan fingerprint density at radius 2 is 2.45 bits per heavy atom. The summed E-state index contributed by atoms with van der Waals surface area (Å²) in [6.07, 6.45) is 5.23. The predicted molar refractivity (Wildman–Crippen MR) is 92.5 cm³/mol. The number of rotatable bonds is 8. The van der Waals surface area contributed by atoms with Gasteiger partial charge >= 0.3 is 0 Å². The summed E-state index contributed by atoms with van der Waals surface area (Å²) in [6, 6.07) is 2.19. The van der Waals surface area contributed by atoms with Gasteiger partial charge in [0, 0.05) is 19.3 Å². The summed E-state index contributed by atoms with van der Waals surface area (Å²) in [4.78, 5) is 12.1. The molecule has 0 saturated carbocycles. The van der Waals surface area contributed by atoms with Crippen molar-refractivity contribution in [2.24, 2.45) is 5.92 Å². The second-order valence-corrected chi connectivity index (χ2v) is 7.41. The van der Waals surface area contributed by atoms with Gasteiger partial charge in [-0.25, -0.2) is 0 Å². The van der Waals surface area contributed by atoms with Gasteiger partial charge in [-0.15, -0.1) is 0 Å². The van der Waals surface area contributed by atoms with Gasteiger partial charge in [0.1, 0.15) is 5.69 Å². The fourth-order valence-corrected chi connectivity index (χ4v) is 3.49. The molecule has 0 bridgehead atoms. The van der Waals surface area contributed by atoms with Gasteiger partial charge in [-0.2, -0.15) is 16.9 Å². The molecule has 6 heteroatoms. The van der Waals surface area contributed by atoms with E-state index in [2.05, 4.69) is 29.6 Å². The maximum Gasteiger partial charge on any atom is 0.271 e. The van der Waals surface area contributed by atoms with E-state index in [1.54, 1.807) is 0 Å². The SMILES string of the molecule is CC(C)CSCCCNC(=O)c1ccn(C2CCCNC2)n1. The number of thioether (sulfide) groups is 1. The lowest BCUT2D eigenvalue weighted by atomic mass is 10.1. The Kier molecular flexibility index (Phi) is 7.25. The average molecular weight is 324 g/mol. The number of hydrogen-bond donors (Lipinski definition) is 2. The third kappa shape index (κ3) is 5.65. The van der Waals surface area contributed by atoms with Crippen LogP contribution in [0.15, 0.2) is 12.3 Å². The Morgan fingerprint density at radius 3 is 3.18 bits per heavy atom. The first-order valence-electron chi connectivity index (χ1n) is 8.28. The molecule has 0 aromatic carbocycles. The zero-order valence-electron chi connectivity index (χ0n) is 13.7. The molecule has 0 aliphatic carbocycles. The van der Waals surface area contributed by atoms with Crippen LogP contribution in [0.5, 0.6) is 0 Å². The fourth-order valence-electron chi connectivity index (χ4n) is 2.51. The van der Waals surface area contributed by atoms with Crippen LogP contribution in [-0.4, -0.2) is 46.8 Å². The van der Waals surface area contributed by atoms with Crippen molar-refractivity contribution in [3.8, 4) is 0 Å². The van der Waals surface area contributed by atoms with E-state index in [0.717, 1.165) is 44.1 Å². The van der Waals surface area contributed by atoms with Crippen LogP contribution in [0, 0.1) is 5.92 Å². The molecule has 1 aromatic heterocycles. The first-order chi connectivity index (χ1) is 10.7. The number of nitrogens with zero attached hydrogens (tertiary/aromatic N) is 2. The molecular weight excluding hydrogens is 296 g/mol.